The van der Waals surface area contributed by atoms with Gasteiger partial charge < -0.3 is 19.2 Å². The summed E-state index contributed by atoms with van der Waals surface area (Å²) in [7, 11) is 1.53. The molecule has 1 aliphatic heterocycles. The Morgan fingerprint density at radius 1 is 1.24 bits per heavy atom. The van der Waals surface area contributed by atoms with E-state index in [1.165, 1.54) is 36.5 Å². The lowest BCUT2D eigenvalue weighted by Crippen LogP contribution is -2.29. The molecule has 9 nitrogen and oxygen atoms in total. The molecule has 34 heavy (non-hydrogen) atoms. The summed E-state index contributed by atoms with van der Waals surface area (Å²) in [5, 5.41) is 14.2. The average molecular weight is 500 g/mol. The first-order chi connectivity index (χ1) is 16.4. The van der Waals surface area contributed by atoms with Crippen LogP contribution in [0.4, 0.5) is 5.69 Å². The molecule has 1 aliphatic rings. The minimum absolute atomic E-state index is 0.0854. The van der Waals surface area contributed by atoms with Crippen LogP contribution in [0.5, 0.6) is 11.5 Å². The number of nitrogens with one attached hydrogen (secondary N) is 1. The number of nitro groups is 1. The standard InChI is InChI=1S/C23H18ClN3O6S/c1-31-20-6-4-14(9-15(20)13-33-21-7-5-16(27(29)30)11-18(21)24)10-19-22(28)26(23(34)25-19)12-17-3-2-8-32-17/h2-11H,12-13H2,1H3,(H,25,34)/b19-10+. The van der Waals surface area contributed by atoms with Gasteiger partial charge in [-0.3, -0.25) is 19.8 Å². The van der Waals surface area contributed by atoms with Crippen LogP contribution in [0.1, 0.15) is 16.9 Å². The van der Waals surface area contributed by atoms with Gasteiger partial charge in [0.1, 0.15) is 29.6 Å². The van der Waals surface area contributed by atoms with Crippen molar-refractivity contribution in [3.8, 4) is 11.5 Å². The lowest BCUT2D eigenvalue weighted by Gasteiger charge is -2.12. The third-order valence-corrected chi connectivity index (χ3v) is 5.60. The van der Waals surface area contributed by atoms with Crippen LogP contribution in [0.15, 0.2) is 64.9 Å². The number of hydrogen-bond donors (Lipinski definition) is 1. The number of nitro benzene ring substituents is 1. The summed E-state index contributed by atoms with van der Waals surface area (Å²) in [5.74, 6) is 1.21. The van der Waals surface area contributed by atoms with Crippen LogP contribution in [-0.4, -0.2) is 28.0 Å². The van der Waals surface area contributed by atoms with E-state index in [2.05, 4.69) is 5.32 Å². The van der Waals surface area contributed by atoms with Gasteiger partial charge >= 0.3 is 0 Å². The maximum Gasteiger partial charge on any atom is 0.276 e. The van der Waals surface area contributed by atoms with Crippen molar-refractivity contribution in [2.75, 3.05) is 7.11 Å². The first kappa shape index (κ1) is 23.3. The summed E-state index contributed by atoms with van der Waals surface area (Å²) in [6.45, 7) is 0.314. The molecular weight excluding hydrogens is 482 g/mol. The Labute approximate surface area is 204 Å². The fourth-order valence-electron chi connectivity index (χ4n) is 3.32. The number of amides is 1. The van der Waals surface area contributed by atoms with Crippen LogP contribution in [-0.2, 0) is 17.9 Å². The van der Waals surface area contributed by atoms with Gasteiger partial charge in [0.15, 0.2) is 5.11 Å². The highest BCUT2D eigenvalue weighted by molar-refractivity contribution is 7.80. The Bertz CT molecular complexity index is 1290. The number of carbonyl (C=O) groups is 1. The topological polar surface area (TPSA) is 107 Å². The minimum atomic E-state index is -0.532. The average Bonchev–Trinajstić information content (AvgIpc) is 3.42. The molecule has 4 rings (SSSR count). The normalized spacial score (nSPS) is 14.4. The molecule has 11 heteroatoms. The Morgan fingerprint density at radius 2 is 2.03 bits per heavy atom. The summed E-state index contributed by atoms with van der Waals surface area (Å²) in [6.07, 6.45) is 3.21. The molecule has 1 amide bonds. The number of nitrogens with zero attached hydrogens (tertiary/aromatic N) is 2. The highest BCUT2D eigenvalue weighted by Crippen LogP contribution is 2.31. The van der Waals surface area contributed by atoms with Gasteiger partial charge in [0.25, 0.3) is 11.6 Å². The van der Waals surface area contributed by atoms with Crippen molar-refractivity contribution < 1.29 is 23.6 Å². The Kier molecular flexibility index (Phi) is 6.80. The molecule has 0 bridgehead atoms. The Morgan fingerprint density at radius 3 is 2.71 bits per heavy atom. The van der Waals surface area contributed by atoms with Gasteiger partial charge in [0.05, 0.1) is 29.9 Å². The smallest absolute Gasteiger partial charge is 0.276 e. The van der Waals surface area contributed by atoms with E-state index >= 15 is 0 Å². The number of thiocarbonyl (C=S) groups is 1. The summed E-state index contributed by atoms with van der Waals surface area (Å²) in [6, 6.07) is 12.8. The van der Waals surface area contributed by atoms with E-state index in [4.69, 9.17) is 37.7 Å². The predicted octanol–water partition coefficient (Wildman–Crippen LogP) is 4.69. The van der Waals surface area contributed by atoms with Crippen LogP contribution in [0.2, 0.25) is 5.02 Å². The van der Waals surface area contributed by atoms with Crippen molar-refractivity contribution in [2.45, 2.75) is 13.2 Å². The highest BCUT2D eigenvalue weighted by Gasteiger charge is 2.31. The van der Waals surface area contributed by atoms with Gasteiger partial charge in [-0.2, -0.15) is 0 Å². The Hall–Kier alpha value is -3.89. The molecule has 0 atom stereocenters. The van der Waals surface area contributed by atoms with Crippen molar-refractivity contribution in [1.82, 2.24) is 10.2 Å². The number of rotatable bonds is 8. The largest absolute Gasteiger partial charge is 0.496 e. The zero-order chi connectivity index (χ0) is 24.2. The number of furan rings is 1. The summed E-state index contributed by atoms with van der Waals surface area (Å²) < 4.78 is 16.5. The predicted molar refractivity (Wildman–Crippen MR) is 128 cm³/mol. The fraction of sp³-hybridized carbons (Fsp3) is 0.130. The van der Waals surface area contributed by atoms with Crippen LogP contribution in [0.25, 0.3) is 6.08 Å². The van der Waals surface area contributed by atoms with E-state index in [9.17, 15) is 14.9 Å². The number of non-ortho nitro benzene ring substituents is 1. The van der Waals surface area contributed by atoms with Crippen molar-refractivity contribution in [1.29, 1.82) is 0 Å². The molecule has 0 radical (unpaired) electrons. The number of halogens is 1. The van der Waals surface area contributed by atoms with Crippen LogP contribution in [0, 0.1) is 10.1 Å². The van der Waals surface area contributed by atoms with E-state index in [0.717, 1.165) is 0 Å². The lowest BCUT2D eigenvalue weighted by molar-refractivity contribution is -0.384. The number of benzene rings is 2. The van der Waals surface area contributed by atoms with Gasteiger partial charge in [-0.15, -0.1) is 0 Å². The van der Waals surface area contributed by atoms with Crippen molar-refractivity contribution in [3.05, 3.63) is 92.5 Å². The van der Waals surface area contributed by atoms with Gasteiger partial charge in [-0.25, -0.2) is 0 Å². The maximum atomic E-state index is 12.8. The molecule has 0 unspecified atom stereocenters. The molecule has 0 aliphatic carbocycles. The maximum absolute atomic E-state index is 12.8. The van der Waals surface area contributed by atoms with Crippen LogP contribution in [0.3, 0.4) is 0 Å². The molecule has 2 aromatic carbocycles. The van der Waals surface area contributed by atoms with Gasteiger partial charge in [-0.05, 0) is 54.2 Å². The second-order valence-corrected chi connectivity index (χ2v) is 7.98. The van der Waals surface area contributed by atoms with Gasteiger partial charge in [0.2, 0.25) is 0 Å². The molecule has 1 N–H and O–H groups in total. The lowest BCUT2D eigenvalue weighted by atomic mass is 10.1. The van der Waals surface area contributed by atoms with Crippen molar-refractivity contribution in [3.63, 3.8) is 0 Å². The second kappa shape index (κ2) is 9.94. The monoisotopic (exact) mass is 499 g/mol. The number of methoxy groups -OCH3 is 1. The van der Waals surface area contributed by atoms with E-state index < -0.39 is 4.92 Å². The number of hydrogen-bond acceptors (Lipinski definition) is 7. The van der Waals surface area contributed by atoms with E-state index in [1.807, 2.05) is 0 Å². The van der Waals surface area contributed by atoms with Crippen LogP contribution >= 0.6 is 23.8 Å². The Balaban J connectivity index is 1.52. The fourth-order valence-corrected chi connectivity index (χ4v) is 3.80. The molecule has 1 aromatic heterocycles. The summed E-state index contributed by atoms with van der Waals surface area (Å²) in [5.41, 5.74) is 1.60. The second-order valence-electron chi connectivity index (χ2n) is 7.19. The zero-order valence-electron chi connectivity index (χ0n) is 17.8. The number of carbonyl (C=O) groups excluding carboxylic acids is 1. The highest BCUT2D eigenvalue weighted by atomic mass is 35.5. The first-order valence-corrected chi connectivity index (χ1v) is 10.7. The molecule has 1 fully saturated rings. The van der Waals surface area contributed by atoms with Gasteiger partial charge in [0, 0.05) is 17.7 Å². The molecule has 3 aromatic rings. The molecule has 2 heterocycles. The van der Waals surface area contributed by atoms with E-state index in [1.54, 1.807) is 36.4 Å². The molecule has 0 saturated carbocycles. The SMILES string of the molecule is COc1ccc(/C=C2/NC(=S)N(Cc3ccco3)C2=O)cc1COc1ccc([N+](=O)[O-])cc1Cl. The molecular formula is C23H18ClN3O6S. The van der Waals surface area contributed by atoms with Crippen LogP contribution < -0.4 is 14.8 Å². The molecule has 174 valence electrons. The van der Waals surface area contributed by atoms with Crippen molar-refractivity contribution in [2.24, 2.45) is 0 Å². The van der Waals surface area contributed by atoms with Crippen molar-refractivity contribution >= 4 is 46.6 Å². The summed E-state index contributed by atoms with van der Waals surface area (Å²) in [4.78, 5) is 24.6. The third-order valence-electron chi connectivity index (χ3n) is 4.98. The molecule has 1 saturated heterocycles. The summed E-state index contributed by atoms with van der Waals surface area (Å²) >= 11 is 11.4. The van der Waals surface area contributed by atoms with E-state index in [-0.39, 0.29) is 34.9 Å². The quantitative estimate of drug-likeness (QED) is 0.206. The first-order valence-electron chi connectivity index (χ1n) is 9.96. The molecule has 0 spiro atoms. The third kappa shape index (κ3) is 5.03. The van der Waals surface area contributed by atoms with Gasteiger partial charge in [-0.1, -0.05) is 17.7 Å². The van der Waals surface area contributed by atoms with E-state index in [0.29, 0.717) is 34.1 Å². The number of ether oxygens (including phenoxy) is 2. The minimum Gasteiger partial charge on any atom is -0.496 e. The zero-order valence-corrected chi connectivity index (χ0v) is 19.4.